The molecule has 0 radical (unpaired) electrons. The quantitative estimate of drug-likeness (QED) is 0.702. The first-order chi connectivity index (χ1) is 8.64. The van der Waals surface area contributed by atoms with Crippen LogP contribution in [0.15, 0.2) is 0 Å². The third-order valence-corrected chi connectivity index (χ3v) is 5.24. The topological polar surface area (TPSA) is 89.3 Å². The van der Waals surface area contributed by atoms with Crippen LogP contribution in [0.2, 0.25) is 0 Å². The molecule has 1 amide bonds. The van der Waals surface area contributed by atoms with E-state index in [-0.39, 0.29) is 35.0 Å². The molecule has 7 heteroatoms. The van der Waals surface area contributed by atoms with E-state index >= 15 is 0 Å². The molecule has 0 aromatic carbocycles. The SMILES string of the molecule is CCC(N)(CC)CNC(=O)CC1(CS(C)(=O)=O)CC1.Cl. The van der Waals surface area contributed by atoms with Gasteiger partial charge in [-0.2, -0.15) is 0 Å². The highest BCUT2D eigenvalue weighted by molar-refractivity contribution is 7.90. The van der Waals surface area contributed by atoms with Crippen LogP contribution in [0.4, 0.5) is 0 Å². The average molecular weight is 327 g/mol. The van der Waals surface area contributed by atoms with Crippen molar-refractivity contribution in [3.8, 4) is 0 Å². The van der Waals surface area contributed by atoms with Crippen LogP contribution >= 0.6 is 12.4 Å². The molecule has 120 valence electrons. The van der Waals surface area contributed by atoms with Gasteiger partial charge in [-0.05, 0) is 31.1 Å². The first kappa shape index (κ1) is 19.7. The summed E-state index contributed by atoms with van der Waals surface area (Å²) in [5.74, 6) is 0.0285. The van der Waals surface area contributed by atoms with E-state index in [1.807, 2.05) is 13.8 Å². The van der Waals surface area contributed by atoms with E-state index in [0.29, 0.717) is 13.0 Å². The molecular formula is C13H27ClN2O3S. The van der Waals surface area contributed by atoms with E-state index < -0.39 is 9.84 Å². The van der Waals surface area contributed by atoms with Gasteiger partial charge in [-0.3, -0.25) is 4.79 Å². The van der Waals surface area contributed by atoms with Crippen LogP contribution in [0, 0.1) is 5.41 Å². The van der Waals surface area contributed by atoms with Crippen LogP contribution < -0.4 is 11.1 Å². The normalized spacial score (nSPS) is 17.2. The highest BCUT2D eigenvalue weighted by atomic mass is 35.5. The summed E-state index contributed by atoms with van der Waals surface area (Å²) in [5.41, 5.74) is 5.45. The Bertz CT molecular complexity index is 429. The maximum absolute atomic E-state index is 11.9. The molecular weight excluding hydrogens is 300 g/mol. The summed E-state index contributed by atoms with van der Waals surface area (Å²) in [6, 6.07) is 0. The van der Waals surface area contributed by atoms with Gasteiger partial charge in [0.05, 0.1) is 5.75 Å². The van der Waals surface area contributed by atoms with Gasteiger partial charge in [0, 0.05) is 24.8 Å². The van der Waals surface area contributed by atoms with Crippen molar-refractivity contribution in [2.45, 2.75) is 51.5 Å². The molecule has 1 aliphatic carbocycles. The van der Waals surface area contributed by atoms with E-state index in [9.17, 15) is 13.2 Å². The van der Waals surface area contributed by atoms with Crippen molar-refractivity contribution in [1.29, 1.82) is 0 Å². The second kappa shape index (κ2) is 7.09. The third-order valence-electron chi connectivity index (χ3n) is 4.11. The fourth-order valence-corrected chi connectivity index (χ4v) is 3.79. The van der Waals surface area contributed by atoms with Crippen molar-refractivity contribution < 1.29 is 13.2 Å². The molecule has 1 fully saturated rings. The van der Waals surface area contributed by atoms with Gasteiger partial charge in [0.15, 0.2) is 0 Å². The summed E-state index contributed by atoms with van der Waals surface area (Å²) >= 11 is 0. The predicted molar refractivity (Wildman–Crippen MR) is 83.8 cm³/mol. The van der Waals surface area contributed by atoms with Crippen LogP contribution in [0.1, 0.15) is 46.0 Å². The summed E-state index contributed by atoms with van der Waals surface area (Å²) in [6.45, 7) is 4.46. The van der Waals surface area contributed by atoms with E-state index in [4.69, 9.17) is 5.73 Å². The predicted octanol–water partition coefficient (Wildman–Crippen LogP) is 1.26. The van der Waals surface area contributed by atoms with Crippen LogP contribution in [-0.4, -0.2) is 38.4 Å². The Hall–Kier alpha value is -0.330. The number of sulfone groups is 1. The summed E-state index contributed by atoms with van der Waals surface area (Å²) < 4.78 is 22.7. The van der Waals surface area contributed by atoms with Gasteiger partial charge in [-0.1, -0.05) is 13.8 Å². The molecule has 0 aliphatic heterocycles. The van der Waals surface area contributed by atoms with Gasteiger partial charge in [-0.25, -0.2) is 8.42 Å². The standard InChI is InChI=1S/C13H26N2O3S.ClH/c1-4-13(14,5-2)9-15-11(16)8-12(6-7-12)10-19(3,17)18;/h4-10,14H2,1-3H3,(H,15,16);1H. The minimum atomic E-state index is -3.02. The Morgan fingerprint density at radius 1 is 1.30 bits per heavy atom. The lowest BCUT2D eigenvalue weighted by atomic mass is 9.94. The monoisotopic (exact) mass is 326 g/mol. The van der Waals surface area contributed by atoms with Crippen LogP contribution in [0.25, 0.3) is 0 Å². The molecule has 3 N–H and O–H groups in total. The second-order valence-corrected chi connectivity index (χ2v) is 8.23. The summed E-state index contributed by atoms with van der Waals surface area (Å²) in [6.07, 6.45) is 4.77. The lowest BCUT2D eigenvalue weighted by Crippen LogP contribution is -2.49. The number of rotatable bonds is 8. The highest BCUT2D eigenvalue weighted by Gasteiger charge is 2.46. The zero-order chi connectivity index (χ0) is 14.7. The van der Waals surface area contributed by atoms with Gasteiger partial charge in [0.1, 0.15) is 9.84 Å². The van der Waals surface area contributed by atoms with E-state index in [1.165, 1.54) is 6.26 Å². The fourth-order valence-electron chi connectivity index (χ4n) is 2.28. The number of nitrogens with two attached hydrogens (primary N) is 1. The Labute approximate surface area is 128 Å². The van der Waals surface area contributed by atoms with Gasteiger partial charge >= 0.3 is 0 Å². The number of hydrogen-bond acceptors (Lipinski definition) is 4. The maximum atomic E-state index is 11.9. The minimum Gasteiger partial charge on any atom is -0.354 e. The molecule has 20 heavy (non-hydrogen) atoms. The fraction of sp³-hybridized carbons (Fsp3) is 0.923. The van der Waals surface area contributed by atoms with Gasteiger partial charge < -0.3 is 11.1 Å². The van der Waals surface area contributed by atoms with Gasteiger partial charge in [-0.15, -0.1) is 12.4 Å². The molecule has 1 rings (SSSR count). The van der Waals surface area contributed by atoms with Gasteiger partial charge in [0.25, 0.3) is 0 Å². The molecule has 1 saturated carbocycles. The molecule has 0 bridgehead atoms. The highest BCUT2D eigenvalue weighted by Crippen LogP contribution is 2.49. The van der Waals surface area contributed by atoms with E-state index in [2.05, 4.69) is 5.32 Å². The number of carbonyl (C=O) groups is 1. The van der Waals surface area contributed by atoms with Crippen molar-refractivity contribution in [1.82, 2.24) is 5.32 Å². The number of hydrogen-bond donors (Lipinski definition) is 2. The second-order valence-electron chi connectivity index (χ2n) is 6.09. The van der Waals surface area contributed by atoms with E-state index in [1.54, 1.807) is 0 Å². The number of nitrogens with one attached hydrogen (secondary N) is 1. The zero-order valence-corrected chi connectivity index (χ0v) is 14.2. The molecule has 0 spiro atoms. The van der Waals surface area contributed by atoms with Crippen LogP contribution in [0.5, 0.6) is 0 Å². The first-order valence-electron chi connectivity index (χ1n) is 6.87. The first-order valence-corrected chi connectivity index (χ1v) is 8.93. The lowest BCUT2D eigenvalue weighted by molar-refractivity contribution is -0.122. The average Bonchev–Trinajstić information content (AvgIpc) is 3.03. The van der Waals surface area contributed by atoms with Crippen molar-refractivity contribution in [2.24, 2.45) is 11.1 Å². The summed E-state index contributed by atoms with van der Waals surface area (Å²) in [7, 11) is -3.02. The Kier molecular flexibility index (Phi) is 6.97. The Morgan fingerprint density at radius 3 is 2.15 bits per heavy atom. The largest absolute Gasteiger partial charge is 0.354 e. The van der Waals surface area contributed by atoms with Gasteiger partial charge in [0.2, 0.25) is 5.91 Å². The summed E-state index contributed by atoms with van der Waals surface area (Å²) in [5, 5.41) is 2.85. The molecule has 0 aromatic rings. The van der Waals surface area contributed by atoms with Crippen molar-refractivity contribution in [3.63, 3.8) is 0 Å². The molecule has 0 atom stereocenters. The Morgan fingerprint density at radius 2 is 1.80 bits per heavy atom. The number of halogens is 1. The Balaban J connectivity index is 0.00000361. The molecule has 1 aliphatic rings. The molecule has 5 nitrogen and oxygen atoms in total. The van der Waals surface area contributed by atoms with Crippen LogP contribution in [-0.2, 0) is 14.6 Å². The third kappa shape index (κ3) is 6.41. The molecule has 0 heterocycles. The minimum absolute atomic E-state index is 0. The van der Waals surface area contributed by atoms with Crippen molar-refractivity contribution in [3.05, 3.63) is 0 Å². The molecule has 0 unspecified atom stereocenters. The number of amides is 1. The maximum Gasteiger partial charge on any atom is 0.220 e. The van der Waals surface area contributed by atoms with E-state index in [0.717, 1.165) is 25.7 Å². The molecule has 0 saturated heterocycles. The molecule has 0 aromatic heterocycles. The number of carbonyl (C=O) groups excluding carboxylic acids is 1. The smallest absolute Gasteiger partial charge is 0.220 e. The lowest BCUT2D eigenvalue weighted by Gasteiger charge is -2.27. The van der Waals surface area contributed by atoms with Crippen LogP contribution in [0.3, 0.4) is 0 Å². The van der Waals surface area contributed by atoms with Crippen molar-refractivity contribution >= 4 is 28.2 Å². The summed E-state index contributed by atoms with van der Waals surface area (Å²) in [4.78, 5) is 11.9. The van der Waals surface area contributed by atoms with Crippen molar-refractivity contribution in [2.75, 3.05) is 18.6 Å². The zero-order valence-electron chi connectivity index (χ0n) is 12.6.